The Labute approximate surface area is 215 Å². The van der Waals surface area contributed by atoms with Crippen LogP contribution >= 0.6 is 0 Å². The van der Waals surface area contributed by atoms with Crippen molar-refractivity contribution in [2.75, 3.05) is 25.1 Å². The van der Waals surface area contributed by atoms with Gasteiger partial charge in [-0.3, -0.25) is 9.69 Å². The zero-order chi connectivity index (χ0) is 24.7. The van der Waals surface area contributed by atoms with Crippen LogP contribution in [0.5, 0.6) is 5.75 Å². The van der Waals surface area contributed by atoms with E-state index < -0.39 is 0 Å². The van der Waals surface area contributed by atoms with Gasteiger partial charge in [0, 0.05) is 36.9 Å². The number of likely N-dealkylation sites (tertiary alicyclic amines) is 1. The Bertz CT molecular complexity index is 1110. The Morgan fingerprint density at radius 1 is 0.861 bits per heavy atom. The standard InChI is InChI=1S/C32H38N2O2/c1-36-29-16-10-15-28(24-29)34(32(35)23-25-11-4-2-5-12-25)27-19-21-33(22-20-27)31-18-9-8-17-30(31)26-13-6-3-7-14-26/h2-7,10-16,24,27,30-31H,8-9,17-23H2,1H3. The fourth-order valence-corrected chi connectivity index (χ4v) is 6.29. The number of carbonyl (C=O) groups is 1. The number of amides is 1. The lowest BCUT2D eigenvalue weighted by atomic mass is 9.78. The maximum Gasteiger partial charge on any atom is 0.231 e. The van der Waals surface area contributed by atoms with Crippen molar-refractivity contribution in [3.05, 3.63) is 96.1 Å². The zero-order valence-electron chi connectivity index (χ0n) is 21.4. The lowest BCUT2D eigenvalue weighted by Crippen LogP contribution is -2.52. The maximum atomic E-state index is 13.7. The van der Waals surface area contributed by atoms with Crippen LogP contribution in [-0.2, 0) is 11.2 Å². The first kappa shape index (κ1) is 24.6. The summed E-state index contributed by atoms with van der Waals surface area (Å²) in [5, 5.41) is 0. The highest BCUT2D eigenvalue weighted by atomic mass is 16.5. The summed E-state index contributed by atoms with van der Waals surface area (Å²) in [5.74, 6) is 1.56. The first-order valence-corrected chi connectivity index (χ1v) is 13.5. The van der Waals surface area contributed by atoms with Crippen LogP contribution in [0.1, 0.15) is 55.6 Å². The number of hydrogen-bond acceptors (Lipinski definition) is 3. The molecule has 2 unspecified atom stereocenters. The number of rotatable bonds is 7. The summed E-state index contributed by atoms with van der Waals surface area (Å²) in [6.45, 7) is 2.08. The molecule has 1 saturated carbocycles. The molecule has 1 aliphatic heterocycles. The largest absolute Gasteiger partial charge is 0.497 e. The Hall–Kier alpha value is -3.11. The fraction of sp³-hybridized carbons (Fsp3) is 0.406. The molecule has 4 heteroatoms. The zero-order valence-corrected chi connectivity index (χ0v) is 21.4. The van der Waals surface area contributed by atoms with E-state index in [0.29, 0.717) is 18.4 Å². The van der Waals surface area contributed by atoms with Gasteiger partial charge in [0.05, 0.1) is 13.5 Å². The van der Waals surface area contributed by atoms with E-state index in [1.165, 1.54) is 31.2 Å². The van der Waals surface area contributed by atoms with E-state index in [2.05, 4.69) is 40.1 Å². The van der Waals surface area contributed by atoms with E-state index in [0.717, 1.165) is 42.9 Å². The minimum atomic E-state index is 0.160. The lowest BCUT2D eigenvalue weighted by molar-refractivity contribution is -0.118. The van der Waals surface area contributed by atoms with Crippen LogP contribution in [0, 0.1) is 0 Å². The number of anilines is 1. The maximum absolute atomic E-state index is 13.7. The first-order valence-electron chi connectivity index (χ1n) is 13.5. The predicted octanol–water partition coefficient (Wildman–Crippen LogP) is 6.46. The molecule has 2 fully saturated rings. The topological polar surface area (TPSA) is 32.8 Å². The molecule has 0 radical (unpaired) electrons. The van der Waals surface area contributed by atoms with Crippen molar-refractivity contribution < 1.29 is 9.53 Å². The molecule has 4 nitrogen and oxygen atoms in total. The molecule has 0 aromatic heterocycles. The van der Waals surface area contributed by atoms with Gasteiger partial charge in [-0.15, -0.1) is 0 Å². The molecule has 2 aliphatic rings. The van der Waals surface area contributed by atoms with Gasteiger partial charge in [-0.25, -0.2) is 0 Å². The molecule has 1 heterocycles. The molecular weight excluding hydrogens is 444 g/mol. The van der Waals surface area contributed by atoms with E-state index >= 15 is 0 Å². The number of hydrogen-bond donors (Lipinski definition) is 0. The summed E-state index contributed by atoms with van der Waals surface area (Å²) >= 11 is 0. The second-order valence-corrected chi connectivity index (χ2v) is 10.3. The number of carbonyl (C=O) groups excluding carboxylic acids is 1. The van der Waals surface area contributed by atoms with Crippen LogP contribution in [0.4, 0.5) is 5.69 Å². The van der Waals surface area contributed by atoms with E-state index in [1.807, 2.05) is 54.6 Å². The minimum Gasteiger partial charge on any atom is -0.497 e. The van der Waals surface area contributed by atoms with Crippen molar-refractivity contribution in [3.8, 4) is 5.75 Å². The quantitative estimate of drug-likeness (QED) is 0.387. The summed E-state index contributed by atoms with van der Waals surface area (Å²) in [6, 6.07) is 30.0. The molecule has 1 aliphatic carbocycles. The van der Waals surface area contributed by atoms with Gasteiger partial charge in [0.25, 0.3) is 0 Å². The third kappa shape index (κ3) is 5.65. The van der Waals surface area contributed by atoms with E-state index in [4.69, 9.17) is 4.74 Å². The Balaban J connectivity index is 1.33. The molecule has 1 saturated heterocycles. The van der Waals surface area contributed by atoms with Crippen molar-refractivity contribution in [3.63, 3.8) is 0 Å². The van der Waals surface area contributed by atoms with Gasteiger partial charge in [-0.1, -0.05) is 79.6 Å². The summed E-state index contributed by atoms with van der Waals surface area (Å²) in [7, 11) is 1.68. The van der Waals surface area contributed by atoms with Crippen molar-refractivity contribution >= 4 is 11.6 Å². The number of ether oxygens (including phenoxy) is 1. The fourth-order valence-electron chi connectivity index (χ4n) is 6.29. The van der Waals surface area contributed by atoms with Gasteiger partial charge in [-0.05, 0) is 54.9 Å². The van der Waals surface area contributed by atoms with Gasteiger partial charge in [0.1, 0.15) is 5.75 Å². The smallest absolute Gasteiger partial charge is 0.231 e. The highest BCUT2D eigenvalue weighted by molar-refractivity contribution is 5.95. The molecule has 188 valence electrons. The molecular formula is C32H38N2O2. The van der Waals surface area contributed by atoms with Crippen LogP contribution in [-0.4, -0.2) is 43.1 Å². The summed E-state index contributed by atoms with van der Waals surface area (Å²) in [6.07, 6.45) is 7.60. The predicted molar refractivity (Wildman–Crippen MR) is 147 cm³/mol. The van der Waals surface area contributed by atoms with Crippen LogP contribution < -0.4 is 9.64 Å². The summed E-state index contributed by atoms with van der Waals surface area (Å²) in [4.78, 5) is 18.5. The number of piperidine rings is 1. The first-order chi connectivity index (χ1) is 17.7. The van der Waals surface area contributed by atoms with Crippen LogP contribution in [0.2, 0.25) is 0 Å². The second kappa shape index (κ2) is 11.7. The molecule has 36 heavy (non-hydrogen) atoms. The molecule has 0 bridgehead atoms. The van der Waals surface area contributed by atoms with Gasteiger partial charge >= 0.3 is 0 Å². The lowest BCUT2D eigenvalue weighted by Gasteiger charge is -2.45. The van der Waals surface area contributed by atoms with Crippen molar-refractivity contribution in [2.24, 2.45) is 0 Å². The highest BCUT2D eigenvalue weighted by Crippen LogP contribution is 2.38. The van der Waals surface area contributed by atoms with Crippen molar-refractivity contribution in [2.45, 2.75) is 62.9 Å². The van der Waals surface area contributed by atoms with Gasteiger partial charge in [0.15, 0.2) is 0 Å². The van der Waals surface area contributed by atoms with Crippen LogP contribution in [0.15, 0.2) is 84.9 Å². The Kier molecular flexibility index (Phi) is 8.02. The van der Waals surface area contributed by atoms with E-state index in [-0.39, 0.29) is 11.9 Å². The molecule has 0 spiro atoms. The number of methoxy groups -OCH3 is 1. The summed E-state index contributed by atoms with van der Waals surface area (Å²) in [5.41, 5.74) is 3.48. The van der Waals surface area contributed by atoms with E-state index in [1.54, 1.807) is 7.11 Å². The van der Waals surface area contributed by atoms with E-state index in [9.17, 15) is 4.79 Å². The average Bonchev–Trinajstić information content (AvgIpc) is 2.95. The molecule has 1 amide bonds. The van der Waals surface area contributed by atoms with Crippen molar-refractivity contribution in [1.82, 2.24) is 4.90 Å². The highest BCUT2D eigenvalue weighted by Gasteiger charge is 2.36. The van der Waals surface area contributed by atoms with Gasteiger partial charge in [0.2, 0.25) is 5.91 Å². The second-order valence-electron chi connectivity index (χ2n) is 10.3. The monoisotopic (exact) mass is 482 g/mol. The normalized spacial score (nSPS) is 21.1. The van der Waals surface area contributed by atoms with Crippen LogP contribution in [0.25, 0.3) is 0 Å². The van der Waals surface area contributed by atoms with Crippen LogP contribution in [0.3, 0.4) is 0 Å². The number of nitrogens with zero attached hydrogens (tertiary/aromatic N) is 2. The Morgan fingerprint density at radius 3 is 2.28 bits per heavy atom. The summed E-state index contributed by atoms with van der Waals surface area (Å²) < 4.78 is 5.49. The molecule has 2 atom stereocenters. The average molecular weight is 483 g/mol. The third-order valence-corrected chi connectivity index (χ3v) is 8.09. The SMILES string of the molecule is COc1cccc(N(C(=O)Cc2ccccc2)C2CCN(C3CCCCC3c3ccccc3)CC2)c1. The van der Waals surface area contributed by atoms with Gasteiger partial charge < -0.3 is 9.64 Å². The number of benzene rings is 3. The third-order valence-electron chi connectivity index (χ3n) is 8.09. The molecule has 3 aromatic carbocycles. The minimum absolute atomic E-state index is 0.160. The molecule has 0 N–H and O–H groups in total. The Morgan fingerprint density at radius 2 is 1.56 bits per heavy atom. The van der Waals surface area contributed by atoms with Gasteiger partial charge in [-0.2, -0.15) is 0 Å². The molecule has 3 aromatic rings. The van der Waals surface area contributed by atoms with Crippen molar-refractivity contribution in [1.29, 1.82) is 0 Å². The molecule has 5 rings (SSSR count).